The molecule has 2 unspecified atom stereocenters. The fraction of sp³-hybridized carbons (Fsp3) is 0.409. The van der Waals surface area contributed by atoms with Crippen molar-refractivity contribution in [2.45, 2.75) is 25.8 Å². The topological polar surface area (TPSA) is 91.3 Å². The Bertz CT molecular complexity index is 973. The van der Waals surface area contributed by atoms with Crippen molar-refractivity contribution in [3.05, 3.63) is 54.1 Å². The molecule has 0 aliphatic carbocycles. The summed E-state index contributed by atoms with van der Waals surface area (Å²) in [5, 5.41) is 9.36. The van der Waals surface area contributed by atoms with Crippen LogP contribution in [0.2, 0.25) is 0 Å². The molecule has 7 nitrogen and oxygen atoms in total. The number of methoxy groups -OCH3 is 1. The predicted molar refractivity (Wildman–Crippen MR) is 110 cm³/mol. The summed E-state index contributed by atoms with van der Waals surface area (Å²) in [6.07, 6.45) is 3.62. The van der Waals surface area contributed by atoms with Gasteiger partial charge in [-0.2, -0.15) is 0 Å². The average Bonchev–Trinajstić information content (AvgIpc) is 3.11. The van der Waals surface area contributed by atoms with Crippen molar-refractivity contribution in [1.29, 1.82) is 0 Å². The van der Waals surface area contributed by atoms with Crippen LogP contribution in [0.15, 0.2) is 42.6 Å². The number of H-pyrrole nitrogens is 1. The third-order valence-electron chi connectivity index (χ3n) is 5.72. The van der Waals surface area contributed by atoms with Crippen molar-refractivity contribution in [3.8, 4) is 5.75 Å². The van der Waals surface area contributed by atoms with Crippen LogP contribution in [0.25, 0.3) is 11.0 Å². The van der Waals surface area contributed by atoms with Gasteiger partial charge in [0.25, 0.3) is 0 Å². The molecule has 4 rings (SSSR count). The lowest BCUT2D eigenvalue weighted by Gasteiger charge is -2.37. The van der Waals surface area contributed by atoms with Crippen molar-refractivity contribution in [3.63, 3.8) is 0 Å². The fourth-order valence-corrected chi connectivity index (χ4v) is 4.26. The molecule has 3 heterocycles. The van der Waals surface area contributed by atoms with Crippen LogP contribution in [0.4, 0.5) is 0 Å². The summed E-state index contributed by atoms with van der Waals surface area (Å²) in [5.74, 6) is 1.33. The molecule has 1 fully saturated rings. The highest BCUT2D eigenvalue weighted by atomic mass is 16.5. The zero-order valence-corrected chi connectivity index (χ0v) is 16.5. The number of carboxylic acids is 1. The second kappa shape index (κ2) is 8.61. The molecule has 0 bridgehead atoms. The number of fused-ring (bicyclic) bond motifs is 1. The zero-order valence-electron chi connectivity index (χ0n) is 16.5. The second-order valence-corrected chi connectivity index (χ2v) is 7.73. The lowest BCUT2D eigenvalue weighted by molar-refractivity contribution is -0.139. The number of hydrogen-bond acceptors (Lipinski definition) is 5. The standard InChI is InChI=1S/C22H26N4O3/c1-29-18-5-6-19-20(12-18)25-21(24-19)10-16-13-26(9-7-15(16)11-22(27)28)14-17-4-2-3-8-23-17/h2-6,8,12,15-16H,7,9-11,13-14H2,1H3,(H,24,25)(H,27,28). The number of nitrogens with zero attached hydrogens (tertiary/aromatic N) is 3. The summed E-state index contributed by atoms with van der Waals surface area (Å²) in [5.41, 5.74) is 2.88. The molecule has 7 heteroatoms. The molecule has 1 aromatic carbocycles. The first kappa shape index (κ1) is 19.4. The minimum Gasteiger partial charge on any atom is -0.497 e. The van der Waals surface area contributed by atoms with Gasteiger partial charge in [-0.25, -0.2) is 4.98 Å². The van der Waals surface area contributed by atoms with Gasteiger partial charge in [0.05, 0.1) is 23.8 Å². The molecular weight excluding hydrogens is 368 g/mol. The summed E-state index contributed by atoms with van der Waals surface area (Å²) in [6, 6.07) is 11.7. The number of likely N-dealkylation sites (tertiary alicyclic amines) is 1. The van der Waals surface area contributed by atoms with Gasteiger partial charge in [-0.15, -0.1) is 0 Å². The maximum absolute atomic E-state index is 11.4. The number of aliphatic carboxylic acids is 1. The molecule has 0 radical (unpaired) electrons. The summed E-state index contributed by atoms with van der Waals surface area (Å²) in [6.45, 7) is 2.52. The van der Waals surface area contributed by atoms with Crippen LogP contribution in [-0.2, 0) is 17.8 Å². The van der Waals surface area contributed by atoms with Gasteiger partial charge in [0.1, 0.15) is 11.6 Å². The maximum Gasteiger partial charge on any atom is 0.303 e. The van der Waals surface area contributed by atoms with E-state index in [0.717, 1.165) is 60.8 Å². The van der Waals surface area contributed by atoms with E-state index in [1.807, 2.05) is 42.6 Å². The largest absolute Gasteiger partial charge is 0.497 e. The molecule has 3 aromatic rings. The minimum absolute atomic E-state index is 0.148. The first-order valence-electron chi connectivity index (χ1n) is 9.97. The highest BCUT2D eigenvalue weighted by Crippen LogP contribution is 2.30. The van der Waals surface area contributed by atoms with Crippen LogP contribution in [0.1, 0.15) is 24.4 Å². The number of aromatic nitrogens is 3. The lowest BCUT2D eigenvalue weighted by atomic mass is 9.81. The van der Waals surface area contributed by atoms with E-state index in [1.165, 1.54) is 0 Å². The van der Waals surface area contributed by atoms with E-state index in [1.54, 1.807) is 7.11 Å². The van der Waals surface area contributed by atoms with Gasteiger partial charge in [0, 0.05) is 38.2 Å². The number of pyridine rings is 1. The Kier molecular flexibility index (Phi) is 5.76. The highest BCUT2D eigenvalue weighted by Gasteiger charge is 2.31. The van der Waals surface area contributed by atoms with E-state index in [-0.39, 0.29) is 18.3 Å². The SMILES string of the molecule is COc1ccc2nc(CC3CN(Cc4ccccn4)CCC3CC(=O)O)[nH]c2c1. The molecule has 1 saturated heterocycles. The molecule has 1 aliphatic heterocycles. The van der Waals surface area contributed by atoms with E-state index < -0.39 is 5.97 Å². The number of ether oxygens (including phenoxy) is 1. The van der Waals surface area contributed by atoms with Crippen LogP contribution >= 0.6 is 0 Å². The van der Waals surface area contributed by atoms with Crippen LogP contribution in [0.3, 0.4) is 0 Å². The molecule has 1 aliphatic rings. The predicted octanol–water partition coefficient (Wildman–Crippen LogP) is 3.12. The van der Waals surface area contributed by atoms with Gasteiger partial charge in [-0.05, 0) is 49.1 Å². The molecular formula is C22H26N4O3. The highest BCUT2D eigenvalue weighted by molar-refractivity contribution is 5.76. The number of nitrogens with one attached hydrogen (secondary N) is 1. The molecule has 0 spiro atoms. The summed E-state index contributed by atoms with van der Waals surface area (Å²) >= 11 is 0. The Morgan fingerprint density at radius 3 is 2.97 bits per heavy atom. The third-order valence-corrected chi connectivity index (χ3v) is 5.72. The fourth-order valence-electron chi connectivity index (χ4n) is 4.26. The van der Waals surface area contributed by atoms with E-state index in [2.05, 4.69) is 14.9 Å². The number of aromatic amines is 1. The minimum atomic E-state index is -0.729. The Hall–Kier alpha value is -2.93. The van der Waals surface area contributed by atoms with E-state index >= 15 is 0 Å². The Balaban J connectivity index is 1.51. The van der Waals surface area contributed by atoms with E-state index in [9.17, 15) is 9.90 Å². The van der Waals surface area contributed by atoms with Crippen LogP contribution in [0.5, 0.6) is 5.75 Å². The van der Waals surface area contributed by atoms with Gasteiger partial charge in [0.15, 0.2) is 0 Å². The summed E-state index contributed by atoms with van der Waals surface area (Å²) in [4.78, 5) is 26.3. The van der Waals surface area contributed by atoms with Crippen molar-refractivity contribution < 1.29 is 14.6 Å². The Morgan fingerprint density at radius 2 is 2.21 bits per heavy atom. The number of imidazole rings is 1. The molecule has 152 valence electrons. The number of carbonyl (C=O) groups is 1. The van der Waals surface area contributed by atoms with Gasteiger partial charge in [-0.1, -0.05) is 6.07 Å². The van der Waals surface area contributed by atoms with Gasteiger partial charge in [-0.3, -0.25) is 14.7 Å². The number of piperidine rings is 1. The number of hydrogen-bond donors (Lipinski definition) is 2. The monoisotopic (exact) mass is 394 g/mol. The van der Waals surface area contributed by atoms with Crippen LogP contribution < -0.4 is 4.74 Å². The van der Waals surface area contributed by atoms with Crippen molar-refractivity contribution >= 4 is 17.0 Å². The van der Waals surface area contributed by atoms with Crippen molar-refractivity contribution in [2.75, 3.05) is 20.2 Å². The quantitative estimate of drug-likeness (QED) is 0.640. The van der Waals surface area contributed by atoms with Gasteiger partial charge in [0.2, 0.25) is 0 Å². The lowest BCUT2D eigenvalue weighted by Crippen LogP contribution is -2.41. The smallest absolute Gasteiger partial charge is 0.303 e. The van der Waals surface area contributed by atoms with Crippen LogP contribution in [0, 0.1) is 11.8 Å². The van der Waals surface area contributed by atoms with Crippen LogP contribution in [-0.4, -0.2) is 51.1 Å². The number of rotatable bonds is 7. The second-order valence-electron chi connectivity index (χ2n) is 7.73. The molecule has 2 aromatic heterocycles. The van der Waals surface area contributed by atoms with Gasteiger partial charge >= 0.3 is 5.97 Å². The first-order chi connectivity index (χ1) is 14.1. The molecule has 2 atom stereocenters. The molecule has 29 heavy (non-hydrogen) atoms. The zero-order chi connectivity index (χ0) is 20.2. The first-order valence-corrected chi connectivity index (χ1v) is 9.97. The van der Waals surface area contributed by atoms with E-state index in [4.69, 9.17) is 9.72 Å². The van der Waals surface area contributed by atoms with Crippen molar-refractivity contribution in [2.24, 2.45) is 11.8 Å². The van der Waals surface area contributed by atoms with Gasteiger partial charge < -0.3 is 14.8 Å². The normalized spacial score (nSPS) is 20.0. The molecule has 0 amide bonds. The molecule has 0 saturated carbocycles. The summed E-state index contributed by atoms with van der Waals surface area (Å²) in [7, 11) is 1.65. The van der Waals surface area contributed by atoms with Crippen molar-refractivity contribution in [1.82, 2.24) is 19.9 Å². The van der Waals surface area contributed by atoms with E-state index in [0.29, 0.717) is 0 Å². The number of carboxylic acid groups (broad SMARTS) is 1. The molecule has 2 N–H and O–H groups in total. The summed E-state index contributed by atoms with van der Waals surface area (Å²) < 4.78 is 5.29. The maximum atomic E-state index is 11.4. The third kappa shape index (κ3) is 4.74. The Morgan fingerprint density at radius 1 is 1.31 bits per heavy atom. The Labute approximate surface area is 169 Å². The average molecular weight is 394 g/mol. The number of benzene rings is 1.